The molecule has 0 bridgehead atoms. The molecule has 1 fully saturated rings. The standard InChI is InChI=1S/C18H28N2O4/c1-19-16(22)11-14-17(23)18(24)15(12-21)20(14)10-6-5-9-13-7-3-2-4-8-13/h2-4,7-8,14-15,17-18,21,23-24H,5-6,9-12H2,1H3,(H,19,22)/t14-,15-,17+,18-/m1/s1. The lowest BCUT2D eigenvalue weighted by Gasteiger charge is -2.29. The van der Waals surface area contributed by atoms with Crippen LogP contribution in [-0.4, -0.2) is 70.6 Å². The Hall–Kier alpha value is -1.47. The van der Waals surface area contributed by atoms with Crippen molar-refractivity contribution in [3.8, 4) is 0 Å². The quantitative estimate of drug-likeness (QED) is 0.498. The second-order valence-corrected chi connectivity index (χ2v) is 6.36. The van der Waals surface area contributed by atoms with Crippen molar-refractivity contribution < 1.29 is 20.1 Å². The van der Waals surface area contributed by atoms with Crippen LogP contribution >= 0.6 is 0 Å². The Balaban J connectivity index is 1.91. The van der Waals surface area contributed by atoms with Gasteiger partial charge in [-0.25, -0.2) is 0 Å². The molecule has 0 aliphatic carbocycles. The van der Waals surface area contributed by atoms with Gasteiger partial charge in [0.25, 0.3) is 0 Å². The third-order valence-electron chi connectivity index (χ3n) is 4.83. The minimum atomic E-state index is -1.03. The highest BCUT2D eigenvalue weighted by atomic mass is 16.3. The molecule has 1 saturated heterocycles. The number of aliphatic hydroxyl groups is 3. The minimum absolute atomic E-state index is 0.115. The van der Waals surface area contributed by atoms with Gasteiger partial charge < -0.3 is 20.6 Å². The van der Waals surface area contributed by atoms with Crippen molar-refractivity contribution in [1.29, 1.82) is 0 Å². The summed E-state index contributed by atoms with van der Waals surface area (Å²) >= 11 is 0. The van der Waals surface area contributed by atoms with E-state index in [1.54, 1.807) is 7.05 Å². The third kappa shape index (κ3) is 4.54. The molecule has 24 heavy (non-hydrogen) atoms. The first-order valence-corrected chi connectivity index (χ1v) is 8.55. The minimum Gasteiger partial charge on any atom is -0.395 e. The number of carbonyl (C=O) groups is 1. The van der Waals surface area contributed by atoms with Crippen molar-refractivity contribution in [2.75, 3.05) is 20.2 Å². The van der Waals surface area contributed by atoms with Crippen LogP contribution in [0.2, 0.25) is 0 Å². The average molecular weight is 336 g/mol. The van der Waals surface area contributed by atoms with Gasteiger partial charge in [-0.3, -0.25) is 9.69 Å². The molecule has 1 aliphatic rings. The van der Waals surface area contributed by atoms with Gasteiger partial charge in [0.15, 0.2) is 0 Å². The molecule has 6 nitrogen and oxygen atoms in total. The van der Waals surface area contributed by atoms with Crippen molar-refractivity contribution in [2.24, 2.45) is 0 Å². The molecule has 0 aromatic heterocycles. The number of amides is 1. The summed E-state index contributed by atoms with van der Waals surface area (Å²) in [4.78, 5) is 13.6. The second kappa shape index (κ2) is 9.13. The van der Waals surface area contributed by atoms with Crippen LogP contribution in [0.5, 0.6) is 0 Å². The average Bonchev–Trinajstić information content (AvgIpc) is 2.83. The molecular formula is C18H28N2O4. The van der Waals surface area contributed by atoms with Gasteiger partial charge in [0.1, 0.15) is 0 Å². The zero-order chi connectivity index (χ0) is 17.5. The van der Waals surface area contributed by atoms with Crippen LogP contribution < -0.4 is 5.32 Å². The topological polar surface area (TPSA) is 93.0 Å². The smallest absolute Gasteiger partial charge is 0.221 e. The number of nitrogens with one attached hydrogen (secondary N) is 1. The largest absolute Gasteiger partial charge is 0.395 e. The van der Waals surface area contributed by atoms with Crippen molar-refractivity contribution in [3.05, 3.63) is 35.9 Å². The van der Waals surface area contributed by atoms with Gasteiger partial charge in [0.2, 0.25) is 5.91 Å². The fourth-order valence-electron chi connectivity index (χ4n) is 3.44. The summed E-state index contributed by atoms with van der Waals surface area (Å²) in [7, 11) is 1.55. The molecule has 1 heterocycles. The maximum absolute atomic E-state index is 11.7. The molecule has 1 aliphatic heterocycles. The van der Waals surface area contributed by atoms with Gasteiger partial charge in [0, 0.05) is 19.5 Å². The van der Waals surface area contributed by atoms with E-state index in [2.05, 4.69) is 17.4 Å². The molecule has 4 N–H and O–H groups in total. The van der Waals surface area contributed by atoms with E-state index in [1.165, 1.54) is 5.56 Å². The molecule has 1 aromatic carbocycles. The Bertz CT molecular complexity index is 511. The van der Waals surface area contributed by atoms with Crippen molar-refractivity contribution >= 4 is 5.91 Å². The maximum atomic E-state index is 11.7. The second-order valence-electron chi connectivity index (χ2n) is 6.36. The summed E-state index contributed by atoms with van der Waals surface area (Å²) in [5, 5.41) is 32.5. The number of hydrogen-bond donors (Lipinski definition) is 4. The normalized spacial score (nSPS) is 27.3. The summed E-state index contributed by atoms with van der Waals surface area (Å²) in [6.07, 6.45) is 0.868. The maximum Gasteiger partial charge on any atom is 0.221 e. The summed E-state index contributed by atoms with van der Waals surface area (Å²) in [5.74, 6) is -0.181. The van der Waals surface area contributed by atoms with Crippen LogP contribution in [0.4, 0.5) is 0 Å². The summed E-state index contributed by atoms with van der Waals surface area (Å²) < 4.78 is 0. The van der Waals surface area contributed by atoms with E-state index in [0.29, 0.717) is 6.54 Å². The Labute approximate surface area is 143 Å². The van der Waals surface area contributed by atoms with Gasteiger partial charge in [-0.15, -0.1) is 0 Å². The Morgan fingerprint density at radius 2 is 1.79 bits per heavy atom. The molecule has 0 radical (unpaired) electrons. The summed E-state index contributed by atoms with van der Waals surface area (Å²) in [6, 6.07) is 9.22. The first-order valence-electron chi connectivity index (χ1n) is 8.55. The first kappa shape index (κ1) is 18.9. The fourth-order valence-corrected chi connectivity index (χ4v) is 3.44. The van der Waals surface area contributed by atoms with Gasteiger partial charge in [-0.05, 0) is 31.4 Å². The lowest BCUT2D eigenvalue weighted by Crippen LogP contribution is -2.43. The van der Waals surface area contributed by atoms with Crippen molar-refractivity contribution in [1.82, 2.24) is 10.2 Å². The van der Waals surface area contributed by atoms with E-state index < -0.39 is 24.3 Å². The van der Waals surface area contributed by atoms with Gasteiger partial charge in [-0.2, -0.15) is 0 Å². The predicted octanol–water partition coefficient (Wildman–Crippen LogP) is -0.0877. The lowest BCUT2D eigenvalue weighted by atomic mass is 10.1. The van der Waals surface area contributed by atoms with Crippen LogP contribution in [0.15, 0.2) is 30.3 Å². The van der Waals surface area contributed by atoms with Crippen molar-refractivity contribution in [2.45, 2.75) is 50.0 Å². The molecular weight excluding hydrogens is 308 g/mol. The highest BCUT2D eigenvalue weighted by Gasteiger charge is 2.47. The monoisotopic (exact) mass is 336 g/mol. The van der Waals surface area contributed by atoms with E-state index in [0.717, 1.165) is 19.3 Å². The van der Waals surface area contributed by atoms with E-state index in [9.17, 15) is 20.1 Å². The van der Waals surface area contributed by atoms with E-state index >= 15 is 0 Å². The van der Waals surface area contributed by atoms with Crippen LogP contribution in [0.3, 0.4) is 0 Å². The van der Waals surface area contributed by atoms with Gasteiger partial charge >= 0.3 is 0 Å². The van der Waals surface area contributed by atoms with Crippen LogP contribution in [0.1, 0.15) is 24.8 Å². The Kier molecular flexibility index (Phi) is 7.17. The fraction of sp³-hybridized carbons (Fsp3) is 0.611. The van der Waals surface area contributed by atoms with Crippen molar-refractivity contribution in [3.63, 3.8) is 0 Å². The Morgan fingerprint density at radius 3 is 2.42 bits per heavy atom. The summed E-state index contributed by atoms with van der Waals surface area (Å²) in [6.45, 7) is 0.398. The molecule has 6 heteroatoms. The highest BCUT2D eigenvalue weighted by Crippen LogP contribution is 2.28. The number of unbranched alkanes of at least 4 members (excludes halogenated alkanes) is 1. The van der Waals surface area contributed by atoms with E-state index in [4.69, 9.17) is 0 Å². The summed E-state index contributed by atoms with van der Waals surface area (Å²) in [5.41, 5.74) is 1.28. The number of aryl methyl sites for hydroxylation is 1. The number of aliphatic hydroxyl groups excluding tert-OH is 3. The predicted molar refractivity (Wildman–Crippen MR) is 91.4 cm³/mol. The van der Waals surface area contributed by atoms with Crippen LogP contribution in [-0.2, 0) is 11.2 Å². The third-order valence-corrected chi connectivity index (χ3v) is 4.83. The van der Waals surface area contributed by atoms with E-state index in [-0.39, 0.29) is 18.9 Å². The Morgan fingerprint density at radius 1 is 1.12 bits per heavy atom. The number of carbonyl (C=O) groups excluding carboxylic acids is 1. The van der Waals surface area contributed by atoms with Gasteiger partial charge in [-0.1, -0.05) is 30.3 Å². The molecule has 134 valence electrons. The number of benzene rings is 1. The van der Waals surface area contributed by atoms with Crippen LogP contribution in [0.25, 0.3) is 0 Å². The number of likely N-dealkylation sites (tertiary alicyclic amines) is 1. The lowest BCUT2D eigenvalue weighted by molar-refractivity contribution is -0.122. The molecule has 1 aromatic rings. The van der Waals surface area contributed by atoms with Crippen LogP contribution in [0, 0.1) is 0 Å². The number of rotatable bonds is 8. The molecule has 2 rings (SSSR count). The van der Waals surface area contributed by atoms with E-state index in [1.807, 2.05) is 23.1 Å². The zero-order valence-electron chi connectivity index (χ0n) is 14.1. The zero-order valence-corrected chi connectivity index (χ0v) is 14.1. The molecule has 1 amide bonds. The molecule has 4 atom stereocenters. The first-order chi connectivity index (χ1) is 11.6. The molecule has 0 saturated carbocycles. The SMILES string of the molecule is CNC(=O)C[C@@H]1[C@H](O)[C@H](O)[C@@H](CO)N1CCCCc1ccccc1. The number of nitrogens with zero attached hydrogens (tertiary/aromatic N) is 1. The van der Waals surface area contributed by atoms with Gasteiger partial charge in [0.05, 0.1) is 24.9 Å². The highest BCUT2D eigenvalue weighted by molar-refractivity contribution is 5.76. The molecule has 0 unspecified atom stereocenters. The number of hydrogen-bond acceptors (Lipinski definition) is 5. The molecule has 0 spiro atoms.